The van der Waals surface area contributed by atoms with Crippen LogP contribution in [0.25, 0.3) is 0 Å². The molecule has 0 radical (unpaired) electrons. The van der Waals surface area contributed by atoms with Crippen LogP contribution < -0.4 is 5.32 Å². The van der Waals surface area contributed by atoms with Crippen LogP contribution in [-0.4, -0.2) is 11.4 Å². The Kier molecular flexibility index (Phi) is 3.90. The Hall–Kier alpha value is -1.82. The van der Waals surface area contributed by atoms with E-state index < -0.39 is 5.54 Å². The Bertz CT molecular complexity index is 518. The van der Waals surface area contributed by atoms with Crippen molar-refractivity contribution in [3.05, 3.63) is 35.4 Å². The van der Waals surface area contributed by atoms with Gasteiger partial charge in [0.2, 0.25) is 5.91 Å². The molecule has 0 saturated carbocycles. The van der Waals surface area contributed by atoms with Crippen LogP contribution in [0.3, 0.4) is 0 Å². The average Bonchev–Trinajstić information content (AvgIpc) is 2.46. The Morgan fingerprint density at radius 3 is 2.95 bits per heavy atom. The second-order valence-corrected chi connectivity index (χ2v) is 5.43. The Morgan fingerprint density at radius 2 is 2.26 bits per heavy atom. The van der Waals surface area contributed by atoms with Crippen molar-refractivity contribution in [2.24, 2.45) is 0 Å². The first-order valence-electron chi connectivity index (χ1n) is 6.90. The van der Waals surface area contributed by atoms with E-state index in [2.05, 4.69) is 17.5 Å². The van der Waals surface area contributed by atoms with Gasteiger partial charge in [-0.25, -0.2) is 0 Å². The molecule has 1 aliphatic rings. The van der Waals surface area contributed by atoms with Gasteiger partial charge in [0.1, 0.15) is 5.54 Å². The number of amides is 1. The summed E-state index contributed by atoms with van der Waals surface area (Å²) in [6.07, 6.45) is 3.56. The van der Waals surface area contributed by atoms with E-state index in [0.29, 0.717) is 6.42 Å². The Labute approximate surface area is 114 Å². The quantitative estimate of drug-likeness (QED) is 0.904. The summed E-state index contributed by atoms with van der Waals surface area (Å²) in [6, 6.07) is 10.3. The minimum atomic E-state index is -0.760. The molecule has 0 spiro atoms. The van der Waals surface area contributed by atoms with E-state index in [1.54, 1.807) is 6.92 Å². The fourth-order valence-electron chi connectivity index (χ4n) is 2.58. The van der Waals surface area contributed by atoms with Gasteiger partial charge in [0.15, 0.2) is 0 Å². The lowest BCUT2D eigenvalue weighted by Crippen LogP contribution is -2.46. The third-order valence-electron chi connectivity index (χ3n) is 4.04. The zero-order valence-corrected chi connectivity index (χ0v) is 11.6. The highest BCUT2D eigenvalue weighted by molar-refractivity contribution is 5.85. The number of hydrogen-bond acceptors (Lipinski definition) is 2. The number of nitrogens with one attached hydrogen (secondary N) is 1. The molecule has 100 valence electrons. The average molecular weight is 256 g/mol. The van der Waals surface area contributed by atoms with Crippen molar-refractivity contribution in [1.82, 2.24) is 5.32 Å². The summed E-state index contributed by atoms with van der Waals surface area (Å²) in [5.74, 6) is -0.123. The summed E-state index contributed by atoms with van der Waals surface area (Å²) in [5.41, 5.74) is 1.63. The number of aryl methyl sites for hydroxylation is 1. The summed E-state index contributed by atoms with van der Waals surface area (Å²) in [4.78, 5) is 12.4. The summed E-state index contributed by atoms with van der Waals surface area (Å²) >= 11 is 0. The molecule has 0 heterocycles. The van der Waals surface area contributed by atoms with Crippen LogP contribution in [0.2, 0.25) is 0 Å². The molecule has 1 amide bonds. The molecule has 0 aromatic heterocycles. The van der Waals surface area contributed by atoms with Gasteiger partial charge in [-0.3, -0.25) is 4.79 Å². The maximum atomic E-state index is 12.4. The van der Waals surface area contributed by atoms with Crippen molar-refractivity contribution in [3.63, 3.8) is 0 Å². The summed E-state index contributed by atoms with van der Waals surface area (Å²) in [5, 5.41) is 12.1. The number of nitrogens with zero attached hydrogens (tertiary/aromatic N) is 1. The van der Waals surface area contributed by atoms with Gasteiger partial charge < -0.3 is 5.32 Å². The molecular weight excluding hydrogens is 236 g/mol. The smallest absolute Gasteiger partial charge is 0.228 e. The number of benzene rings is 1. The van der Waals surface area contributed by atoms with Gasteiger partial charge in [-0.15, -0.1) is 0 Å². The zero-order chi connectivity index (χ0) is 13.9. The van der Waals surface area contributed by atoms with Crippen LogP contribution in [0.5, 0.6) is 0 Å². The standard InChI is InChI=1S/C16H20N2O/c1-3-16(2,11-17)18-15(19)14-10-6-8-12-7-4-5-9-13(12)14/h4-5,7,9,14H,3,6,8,10H2,1-2H3,(H,18,19). The minimum absolute atomic E-state index is 0.0157. The summed E-state index contributed by atoms with van der Waals surface area (Å²) in [6.45, 7) is 3.69. The predicted octanol–water partition coefficient (Wildman–Crippen LogP) is 2.91. The first-order valence-corrected chi connectivity index (χ1v) is 6.90. The number of fused-ring (bicyclic) bond motifs is 1. The van der Waals surface area contributed by atoms with E-state index in [1.165, 1.54) is 5.56 Å². The molecule has 0 bridgehead atoms. The van der Waals surface area contributed by atoms with Crippen LogP contribution in [-0.2, 0) is 11.2 Å². The second-order valence-electron chi connectivity index (χ2n) is 5.43. The van der Waals surface area contributed by atoms with E-state index in [1.807, 2.05) is 25.1 Å². The lowest BCUT2D eigenvalue weighted by atomic mass is 9.82. The van der Waals surface area contributed by atoms with Crippen molar-refractivity contribution in [2.45, 2.75) is 51.0 Å². The van der Waals surface area contributed by atoms with Crippen molar-refractivity contribution >= 4 is 5.91 Å². The second kappa shape index (κ2) is 5.44. The first-order chi connectivity index (χ1) is 9.09. The monoisotopic (exact) mass is 256 g/mol. The Balaban J connectivity index is 2.20. The molecule has 1 aromatic rings. The highest BCUT2D eigenvalue weighted by Crippen LogP contribution is 2.32. The van der Waals surface area contributed by atoms with Gasteiger partial charge in [0.25, 0.3) is 0 Å². The fraction of sp³-hybridized carbons (Fsp3) is 0.500. The van der Waals surface area contributed by atoms with E-state index in [4.69, 9.17) is 5.26 Å². The highest BCUT2D eigenvalue weighted by Gasteiger charge is 2.31. The minimum Gasteiger partial charge on any atom is -0.338 e. The van der Waals surface area contributed by atoms with Gasteiger partial charge in [0.05, 0.1) is 12.0 Å². The molecule has 1 aromatic carbocycles. The number of carbonyl (C=O) groups excluding carboxylic acids is 1. The molecule has 2 atom stereocenters. The van der Waals surface area contributed by atoms with Crippen LogP contribution >= 0.6 is 0 Å². The maximum absolute atomic E-state index is 12.4. The van der Waals surface area contributed by atoms with E-state index in [9.17, 15) is 4.79 Å². The van der Waals surface area contributed by atoms with Crippen LogP contribution in [0.4, 0.5) is 0 Å². The van der Waals surface area contributed by atoms with Crippen LogP contribution in [0.15, 0.2) is 24.3 Å². The van der Waals surface area contributed by atoms with Crippen LogP contribution in [0.1, 0.15) is 50.2 Å². The van der Waals surface area contributed by atoms with Gasteiger partial charge in [-0.1, -0.05) is 31.2 Å². The largest absolute Gasteiger partial charge is 0.338 e. The lowest BCUT2D eigenvalue weighted by molar-refractivity contribution is -0.124. The molecule has 3 heteroatoms. The topological polar surface area (TPSA) is 52.9 Å². The number of carbonyl (C=O) groups is 1. The van der Waals surface area contributed by atoms with Gasteiger partial charge in [-0.2, -0.15) is 5.26 Å². The molecule has 1 N–H and O–H groups in total. The number of nitriles is 1. The predicted molar refractivity (Wildman–Crippen MR) is 74.6 cm³/mol. The van der Waals surface area contributed by atoms with E-state index in [-0.39, 0.29) is 11.8 Å². The molecule has 1 aliphatic carbocycles. The van der Waals surface area contributed by atoms with E-state index >= 15 is 0 Å². The molecule has 2 rings (SSSR count). The van der Waals surface area contributed by atoms with Gasteiger partial charge >= 0.3 is 0 Å². The first kappa shape index (κ1) is 13.6. The zero-order valence-electron chi connectivity index (χ0n) is 11.6. The highest BCUT2D eigenvalue weighted by atomic mass is 16.2. The molecule has 19 heavy (non-hydrogen) atoms. The Morgan fingerprint density at radius 1 is 1.53 bits per heavy atom. The van der Waals surface area contributed by atoms with Gasteiger partial charge in [-0.05, 0) is 43.7 Å². The van der Waals surface area contributed by atoms with Crippen molar-refractivity contribution < 1.29 is 4.79 Å². The van der Waals surface area contributed by atoms with Crippen LogP contribution in [0, 0.1) is 11.3 Å². The maximum Gasteiger partial charge on any atom is 0.228 e. The molecular formula is C16H20N2O. The fourth-order valence-corrected chi connectivity index (χ4v) is 2.58. The molecule has 3 nitrogen and oxygen atoms in total. The van der Waals surface area contributed by atoms with Gasteiger partial charge in [0, 0.05) is 0 Å². The molecule has 2 unspecified atom stereocenters. The normalized spacial score (nSPS) is 20.8. The van der Waals surface area contributed by atoms with E-state index in [0.717, 1.165) is 24.8 Å². The summed E-state index contributed by atoms with van der Waals surface area (Å²) in [7, 11) is 0. The van der Waals surface area contributed by atoms with Crippen molar-refractivity contribution in [2.75, 3.05) is 0 Å². The molecule has 0 fully saturated rings. The number of hydrogen-bond donors (Lipinski definition) is 1. The molecule has 0 aliphatic heterocycles. The van der Waals surface area contributed by atoms with Crippen molar-refractivity contribution in [1.29, 1.82) is 5.26 Å². The molecule has 0 saturated heterocycles. The third kappa shape index (κ3) is 2.78. The number of rotatable bonds is 3. The third-order valence-corrected chi connectivity index (χ3v) is 4.04. The van der Waals surface area contributed by atoms with Crippen molar-refractivity contribution in [3.8, 4) is 6.07 Å². The summed E-state index contributed by atoms with van der Waals surface area (Å²) < 4.78 is 0. The SMILES string of the molecule is CCC(C)(C#N)NC(=O)C1CCCc2ccccc21. The lowest BCUT2D eigenvalue weighted by Gasteiger charge is -2.28.